The number of nitrogens with zero attached hydrogens (tertiary/aromatic N) is 4. The van der Waals surface area contributed by atoms with Crippen LogP contribution >= 0.6 is 0 Å². The highest BCUT2D eigenvalue weighted by atomic mass is 16.5. The number of hydrogen-bond donors (Lipinski definition) is 1. The van der Waals surface area contributed by atoms with Crippen LogP contribution in [0.15, 0.2) is 23.0 Å². The SMILES string of the molecule is CN1CCC(CN2CC(Oc3cccc4c3n(C)c(=O)n4C3CCC(=O)NC3=O)C2)CC1. The van der Waals surface area contributed by atoms with Crippen molar-refractivity contribution in [1.29, 1.82) is 0 Å². The minimum Gasteiger partial charge on any atom is -0.485 e. The lowest BCUT2D eigenvalue weighted by Crippen LogP contribution is -2.55. The lowest BCUT2D eigenvalue weighted by atomic mass is 9.95. The second-order valence-electron chi connectivity index (χ2n) is 9.51. The molecule has 2 aromatic rings. The van der Waals surface area contributed by atoms with E-state index in [1.165, 1.54) is 30.5 Å². The van der Waals surface area contributed by atoms with Crippen molar-refractivity contribution in [1.82, 2.24) is 24.3 Å². The molecule has 4 heterocycles. The second kappa shape index (κ2) is 8.37. The summed E-state index contributed by atoms with van der Waals surface area (Å²) in [6, 6.07) is 4.89. The van der Waals surface area contributed by atoms with Crippen LogP contribution in [0.25, 0.3) is 11.0 Å². The van der Waals surface area contributed by atoms with E-state index in [2.05, 4.69) is 22.2 Å². The van der Waals surface area contributed by atoms with Gasteiger partial charge in [0.05, 0.1) is 5.52 Å². The molecule has 2 amide bonds. The van der Waals surface area contributed by atoms with Crippen LogP contribution in [0, 0.1) is 5.92 Å². The first-order valence-electron chi connectivity index (χ1n) is 11.5. The van der Waals surface area contributed by atoms with Crippen LogP contribution in [-0.2, 0) is 16.6 Å². The minimum atomic E-state index is -0.687. The topological polar surface area (TPSA) is 88.8 Å². The highest BCUT2D eigenvalue weighted by Gasteiger charge is 2.34. The van der Waals surface area contributed by atoms with Crippen molar-refractivity contribution in [3.8, 4) is 5.75 Å². The fraction of sp³-hybridized carbons (Fsp3) is 0.609. The molecular weight excluding hydrogens is 410 g/mol. The van der Waals surface area contributed by atoms with E-state index in [4.69, 9.17) is 4.74 Å². The van der Waals surface area contributed by atoms with Crippen molar-refractivity contribution in [3.05, 3.63) is 28.7 Å². The number of benzene rings is 1. The average molecular weight is 442 g/mol. The molecule has 9 nitrogen and oxygen atoms in total. The summed E-state index contributed by atoms with van der Waals surface area (Å²) in [6.45, 7) is 5.27. The highest BCUT2D eigenvalue weighted by molar-refractivity contribution is 6.00. The molecule has 1 unspecified atom stereocenters. The molecule has 5 rings (SSSR count). The third kappa shape index (κ3) is 3.84. The van der Waals surface area contributed by atoms with E-state index in [1.807, 2.05) is 18.2 Å². The van der Waals surface area contributed by atoms with E-state index in [-0.39, 0.29) is 24.1 Å². The first kappa shape index (κ1) is 21.2. The number of rotatable bonds is 5. The van der Waals surface area contributed by atoms with Crippen molar-refractivity contribution >= 4 is 22.8 Å². The maximum atomic E-state index is 13.0. The van der Waals surface area contributed by atoms with Crippen LogP contribution in [0.3, 0.4) is 0 Å². The van der Waals surface area contributed by atoms with Gasteiger partial charge in [-0.05, 0) is 57.5 Å². The zero-order valence-electron chi connectivity index (χ0n) is 18.7. The van der Waals surface area contributed by atoms with Gasteiger partial charge < -0.3 is 9.64 Å². The molecule has 9 heteroatoms. The second-order valence-corrected chi connectivity index (χ2v) is 9.51. The Morgan fingerprint density at radius 2 is 1.81 bits per heavy atom. The highest BCUT2D eigenvalue weighted by Crippen LogP contribution is 2.31. The number of carbonyl (C=O) groups excluding carboxylic acids is 2. The molecule has 0 saturated carbocycles. The Morgan fingerprint density at radius 1 is 1.06 bits per heavy atom. The lowest BCUT2D eigenvalue weighted by Gasteiger charge is -2.42. The molecule has 0 spiro atoms. The zero-order chi connectivity index (χ0) is 22.4. The third-order valence-corrected chi connectivity index (χ3v) is 7.16. The van der Waals surface area contributed by atoms with Gasteiger partial charge in [-0.15, -0.1) is 0 Å². The Balaban J connectivity index is 1.30. The molecule has 172 valence electrons. The molecule has 3 fully saturated rings. The summed E-state index contributed by atoms with van der Waals surface area (Å²) in [4.78, 5) is 41.8. The summed E-state index contributed by atoms with van der Waals surface area (Å²) in [5, 5.41) is 2.35. The average Bonchev–Trinajstić information content (AvgIpc) is 2.99. The van der Waals surface area contributed by atoms with Crippen LogP contribution in [0.4, 0.5) is 0 Å². The fourth-order valence-corrected chi connectivity index (χ4v) is 5.26. The van der Waals surface area contributed by atoms with E-state index in [9.17, 15) is 14.4 Å². The number of nitrogens with one attached hydrogen (secondary N) is 1. The van der Waals surface area contributed by atoms with E-state index < -0.39 is 11.9 Å². The van der Waals surface area contributed by atoms with Crippen LogP contribution < -0.4 is 15.7 Å². The fourth-order valence-electron chi connectivity index (χ4n) is 5.26. The van der Waals surface area contributed by atoms with Crippen molar-refractivity contribution in [2.75, 3.05) is 39.8 Å². The number of ether oxygens (including phenoxy) is 1. The molecule has 1 aromatic heterocycles. The number of carbonyl (C=O) groups is 2. The molecule has 3 aliphatic rings. The van der Waals surface area contributed by atoms with Crippen LogP contribution in [0.2, 0.25) is 0 Å². The quantitative estimate of drug-likeness (QED) is 0.688. The van der Waals surface area contributed by atoms with Gasteiger partial charge in [-0.2, -0.15) is 0 Å². The summed E-state index contributed by atoms with van der Waals surface area (Å²) >= 11 is 0. The van der Waals surface area contributed by atoms with Gasteiger partial charge in [-0.1, -0.05) is 6.07 Å². The number of imide groups is 1. The largest absolute Gasteiger partial charge is 0.485 e. The molecule has 32 heavy (non-hydrogen) atoms. The van der Waals surface area contributed by atoms with Crippen LogP contribution in [-0.4, -0.2) is 76.6 Å². The molecule has 1 atom stereocenters. The van der Waals surface area contributed by atoms with E-state index in [1.54, 1.807) is 11.6 Å². The Hall–Kier alpha value is -2.65. The number of amides is 2. The third-order valence-electron chi connectivity index (χ3n) is 7.16. The molecule has 0 aliphatic carbocycles. The molecule has 3 saturated heterocycles. The molecular formula is C23H31N5O4. The van der Waals surface area contributed by atoms with Gasteiger partial charge in [-0.25, -0.2) is 4.79 Å². The smallest absolute Gasteiger partial charge is 0.329 e. The monoisotopic (exact) mass is 441 g/mol. The van der Waals surface area contributed by atoms with Crippen LogP contribution in [0.5, 0.6) is 5.75 Å². The Bertz CT molecular complexity index is 1090. The van der Waals surface area contributed by atoms with Crippen molar-refractivity contribution in [2.45, 2.75) is 37.8 Å². The van der Waals surface area contributed by atoms with E-state index >= 15 is 0 Å². The first-order chi connectivity index (χ1) is 15.4. The van der Waals surface area contributed by atoms with Crippen molar-refractivity contribution in [3.63, 3.8) is 0 Å². The summed E-state index contributed by atoms with van der Waals surface area (Å²) in [5.74, 6) is 0.708. The Labute approximate surface area is 186 Å². The summed E-state index contributed by atoms with van der Waals surface area (Å²) in [6.07, 6.45) is 3.16. The van der Waals surface area contributed by atoms with Gasteiger partial charge in [0.25, 0.3) is 0 Å². The molecule has 1 aromatic carbocycles. The molecule has 3 aliphatic heterocycles. The maximum absolute atomic E-state index is 13.0. The summed E-state index contributed by atoms with van der Waals surface area (Å²) < 4.78 is 9.34. The number of para-hydroxylation sites is 1. The summed E-state index contributed by atoms with van der Waals surface area (Å²) in [5.41, 5.74) is 1.08. The van der Waals surface area contributed by atoms with Crippen molar-refractivity contribution in [2.24, 2.45) is 13.0 Å². The number of aromatic nitrogens is 2. The van der Waals surface area contributed by atoms with Gasteiger partial charge >= 0.3 is 5.69 Å². The number of fused-ring (bicyclic) bond motifs is 1. The molecule has 0 bridgehead atoms. The van der Waals surface area contributed by atoms with E-state index in [0.29, 0.717) is 23.2 Å². The normalized spacial score (nSPS) is 24.0. The standard InChI is InChI=1S/C23H31N5O4/c1-25-10-8-15(9-11-25)12-27-13-16(14-27)32-19-5-3-4-17-21(19)26(2)23(31)28(17)18-6-7-20(29)24-22(18)30/h3-5,15-16,18H,6-14H2,1-2H3,(H,24,29,30). The van der Waals surface area contributed by atoms with Gasteiger partial charge in [0.1, 0.15) is 23.4 Å². The minimum absolute atomic E-state index is 0.0981. The number of piperidine rings is 2. The predicted molar refractivity (Wildman–Crippen MR) is 120 cm³/mol. The van der Waals surface area contributed by atoms with Gasteiger partial charge in [0, 0.05) is 33.1 Å². The zero-order valence-corrected chi connectivity index (χ0v) is 18.7. The maximum Gasteiger partial charge on any atom is 0.329 e. The number of likely N-dealkylation sites (tertiary alicyclic amines) is 2. The number of imidazole rings is 1. The van der Waals surface area contributed by atoms with Crippen LogP contribution in [0.1, 0.15) is 31.7 Å². The molecule has 1 N–H and O–H groups in total. The lowest BCUT2D eigenvalue weighted by molar-refractivity contribution is -0.135. The predicted octanol–water partition coefficient (Wildman–Crippen LogP) is 0.723. The van der Waals surface area contributed by atoms with Gasteiger partial charge in [0.15, 0.2) is 0 Å². The Morgan fingerprint density at radius 3 is 2.53 bits per heavy atom. The molecule has 0 radical (unpaired) electrons. The first-order valence-corrected chi connectivity index (χ1v) is 11.5. The van der Waals surface area contributed by atoms with Gasteiger partial charge in [-0.3, -0.25) is 28.9 Å². The van der Waals surface area contributed by atoms with Crippen molar-refractivity contribution < 1.29 is 14.3 Å². The summed E-state index contributed by atoms with van der Waals surface area (Å²) in [7, 11) is 3.89. The van der Waals surface area contributed by atoms with Gasteiger partial charge in [0.2, 0.25) is 11.8 Å². The van der Waals surface area contributed by atoms with E-state index in [0.717, 1.165) is 25.6 Å². The number of hydrogen-bond acceptors (Lipinski definition) is 6. The number of aryl methyl sites for hydroxylation is 1. The Kier molecular flexibility index (Phi) is 5.54.